The van der Waals surface area contributed by atoms with E-state index in [2.05, 4.69) is 20.0 Å². The van der Waals surface area contributed by atoms with Gasteiger partial charge in [-0.25, -0.2) is 14.6 Å². The summed E-state index contributed by atoms with van der Waals surface area (Å²) in [6, 6.07) is 16.8. The predicted molar refractivity (Wildman–Crippen MR) is 129 cm³/mol. The van der Waals surface area contributed by atoms with E-state index in [0.717, 1.165) is 10.5 Å². The fourth-order valence-electron chi connectivity index (χ4n) is 4.41. The summed E-state index contributed by atoms with van der Waals surface area (Å²) >= 11 is 0. The molecule has 5 rings (SSSR count). The zero-order chi connectivity index (χ0) is 27.2. The van der Waals surface area contributed by atoms with Crippen LogP contribution in [0.1, 0.15) is 27.0 Å². The Morgan fingerprint density at radius 1 is 1.05 bits per heavy atom. The molecule has 2 amide bonds. The van der Waals surface area contributed by atoms with Crippen molar-refractivity contribution in [1.29, 1.82) is 0 Å². The molecule has 9 nitrogen and oxygen atoms in total. The van der Waals surface area contributed by atoms with Crippen molar-refractivity contribution < 1.29 is 37.0 Å². The lowest BCUT2D eigenvalue weighted by Gasteiger charge is -2.38. The van der Waals surface area contributed by atoms with Crippen molar-refractivity contribution in [2.45, 2.75) is 18.8 Å². The number of aryl methyl sites for hydroxylation is 1. The smallest absolute Gasteiger partial charge is 0.453 e. The lowest BCUT2D eigenvalue weighted by molar-refractivity contribution is -0.211. The molecule has 0 fully saturated rings. The molecule has 1 aromatic heterocycles. The van der Waals surface area contributed by atoms with Crippen molar-refractivity contribution in [1.82, 2.24) is 9.97 Å². The lowest BCUT2D eigenvalue weighted by Crippen LogP contribution is -2.50. The molecule has 4 aromatic rings. The van der Waals surface area contributed by atoms with Crippen LogP contribution in [0.5, 0.6) is 0 Å². The Bertz CT molecular complexity index is 1580. The number of amides is 2. The van der Waals surface area contributed by atoms with Gasteiger partial charge in [0.1, 0.15) is 0 Å². The largest absolute Gasteiger partial charge is 0.491 e. The van der Waals surface area contributed by atoms with Gasteiger partial charge in [0.05, 0.1) is 18.1 Å². The van der Waals surface area contributed by atoms with E-state index in [0.29, 0.717) is 5.52 Å². The Morgan fingerprint density at radius 2 is 1.76 bits per heavy atom. The quantitative estimate of drug-likeness (QED) is 0.363. The number of carbonyl (C=O) groups is 3. The molecular weight excluding hydrogens is 505 g/mol. The number of imidazole rings is 1. The minimum Gasteiger partial charge on any atom is -0.453 e. The number of hydrogen-bond donors (Lipinski definition) is 2. The fourth-order valence-corrected chi connectivity index (χ4v) is 4.41. The highest BCUT2D eigenvalue weighted by molar-refractivity contribution is 6.13. The van der Waals surface area contributed by atoms with Crippen molar-refractivity contribution >= 4 is 40.6 Å². The van der Waals surface area contributed by atoms with Crippen LogP contribution in [0.25, 0.3) is 11.0 Å². The number of ether oxygens (including phenoxy) is 2. The van der Waals surface area contributed by atoms with E-state index in [1.54, 1.807) is 30.3 Å². The number of fused-ring (bicyclic) bond motifs is 2. The van der Waals surface area contributed by atoms with Crippen LogP contribution in [0.4, 0.5) is 29.6 Å². The third kappa shape index (κ3) is 3.99. The van der Waals surface area contributed by atoms with Crippen LogP contribution in [0.15, 0.2) is 66.7 Å². The summed E-state index contributed by atoms with van der Waals surface area (Å²) in [6.07, 6.45) is -6.14. The molecule has 1 aliphatic rings. The van der Waals surface area contributed by atoms with Gasteiger partial charge >= 0.3 is 18.2 Å². The van der Waals surface area contributed by atoms with Crippen molar-refractivity contribution in [3.63, 3.8) is 0 Å². The van der Waals surface area contributed by atoms with Crippen molar-refractivity contribution in [3.8, 4) is 0 Å². The van der Waals surface area contributed by atoms with E-state index in [1.807, 2.05) is 6.92 Å². The molecule has 1 unspecified atom stereocenters. The number of methoxy groups -OCH3 is 1. The van der Waals surface area contributed by atoms with Gasteiger partial charge in [-0.3, -0.25) is 15.0 Å². The summed E-state index contributed by atoms with van der Waals surface area (Å²) < 4.78 is 50.7. The molecule has 0 saturated heterocycles. The summed E-state index contributed by atoms with van der Waals surface area (Å²) in [5, 5.41) is 2.37. The van der Waals surface area contributed by atoms with Gasteiger partial charge in [-0.05, 0) is 37.3 Å². The van der Waals surface area contributed by atoms with Crippen LogP contribution in [0, 0.1) is 6.92 Å². The Balaban J connectivity index is 1.77. The van der Waals surface area contributed by atoms with Crippen LogP contribution in [0.3, 0.4) is 0 Å². The lowest BCUT2D eigenvalue weighted by atomic mass is 9.92. The van der Waals surface area contributed by atoms with Crippen molar-refractivity contribution in [2.24, 2.45) is 0 Å². The average molecular weight is 524 g/mol. The van der Waals surface area contributed by atoms with Gasteiger partial charge in [-0.1, -0.05) is 42.0 Å². The molecule has 2 heterocycles. The highest BCUT2D eigenvalue weighted by Gasteiger charge is 2.58. The number of alkyl halides is 3. The van der Waals surface area contributed by atoms with Gasteiger partial charge in [0, 0.05) is 22.4 Å². The maximum atomic E-state index is 13.7. The molecule has 0 aliphatic carbocycles. The highest BCUT2D eigenvalue weighted by Crippen LogP contribution is 2.49. The Kier molecular flexibility index (Phi) is 5.81. The van der Waals surface area contributed by atoms with Crippen LogP contribution in [0.2, 0.25) is 0 Å². The first kappa shape index (κ1) is 24.8. The predicted octanol–water partition coefficient (Wildman–Crippen LogP) is 5.02. The number of H-pyrrole nitrogens is 1. The Labute approximate surface area is 213 Å². The number of benzene rings is 3. The standard InChI is InChI=1S/C26H19F3N4O5/c1-14-7-10-16(11-8-14)33-21(34)17-5-3-4-6-18(17)25(33,38-22(35)26(27,28)29)15-9-12-19-20(13-15)31-23(30-19)32-24(36)37-2/h3-13H,1-2H3,(H2,30,31,32,36). The first-order valence-electron chi connectivity index (χ1n) is 11.2. The number of nitrogens with one attached hydrogen (secondary N) is 2. The van der Waals surface area contributed by atoms with E-state index in [4.69, 9.17) is 4.74 Å². The molecule has 2 N–H and O–H groups in total. The van der Waals surface area contributed by atoms with Crippen LogP contribution >= 0.6 is 0 Å². The second-order valence-corrected chi connectivity index (χ2v) is 8.49. The van der Waals surface area contributed by atoms with Gasteiger partial charge in [-0.15, -0.1) is 0 Å². The molecule has 0 radical (unpaired) electrons. The van der Waals surface area contributed by atoms with Gasteiger partial charge in [0.25, 0.3) is 5.91 Å². The van der Waals surface area contributed by atoms with E-state index >= 15 is 0 Å². The first-order chi connectivity index (χ1) is 18.0. The van der Waals surface area contributed by atoms with Crippen molar-refractivity contribution in [2.75, 3.05) is 17.3 Å². The molecule has 0 spiro atoms. The number of hydrogen-bond acceptors (Lipinski definition) is 6. The van der Waals surface area contributed by atoms with E-state index in [1.165, 1.54) is 43.5 Å². The molecule has 12 heteroatoms. The molecular formula is C26H19F3N4O5. The molecule has 38 heavy (non-hydrogen) atoms. The van der Waals surface area contributed by atoms with E-state index in [9.17, 15) is 27.6 Å². The van der Waals surface area contributed by atoms with Crippen LogP contribution in [-0.4, -0.2) is 41.2 Å². The molecule has 3 aromatic carbocycles. The van der Waals surface area contributed by atoms with Gasteiger partial charge in [-0.2, -0.15) is 13.2 Å². The minimum atomic E-state index is -5.35. The van der Waals surface area contributed by atoms with Gasteiger partial charge < -0.3 is 14.5 Å². The number of esters is 1. The second-order valence-electron chi connectivity index (χ2n) is 8.49. The zero-order valence-corrected chi connectivity index (χ0v) is 19.9. The summed E-state index contributed by atoms with van der Waals surface area (Å²) in [4.78, 5) is 45.8. The molecule has 194 valence electrons. The number of halogens is 3. The Hall–Kier alpha value is -4.87. The van der Waals surface area contributed by atoms with Gasteiger partial charge in [0.15, 0.2) is 0 Å². The molecule has 1 aliphatic heterocycles. The third-order valence-electron chi connectivity index (χ3n) is 6.08. The molecule has 1 atom stereocenters. The number of aromatic amines is 1. The topological polar surface area (TPSA) is 114 Å². The normalized spacial score (nSPS) is 16.9. The monoisotopic (exact) mass is 524 g/mol. The number of rotatable bonds is 4. The maximum Gasteiger partial charge on any atom is 0.491 e. The van der Waals surface area contributed by atoms with E-state index in [-0.39, 0.29) is 33.8 Å². The first-order valence-corrected chi connectivity index (χ1v) is 11.2. The Morgan fingerprint density at radius 3 is 2.45 bits per heavy atom. The number of aromatic nitrogens is 2. The number of nitrogens with zero attached hydrogens (tertiary/aromatic N) is 2. The third-order valence-corrected chi connectivity index (χ3v) is 6.08. The number of anilines is 2. The van der Waals surface area contributed by atoms with Crippen LogP contribution in [-0.2, 0) is 20.0 Å². The van der Waals surface area contributed by atoms with Gasteiger partial charge in [0.2, 0.25) is 11.7 Å². The summed E-state index contributed by atoms with van der Waals surface area (Å²) in [6.45, 7) is 1.81. The summed E-state index contributed by atoms with van der Waals surface area (Å²) in [5.41, 5.74) is -0.463. The number of carbonyl (C=O) groups excluding carboxylic acids is 3. The summed E-state index contributed by atoms with van der Waals surface area (Å²) in [5.74, 6) is -3.11. The zero-order valence-electron chi connectivity index (χ0n) is 19.9. The maximum absolute atomic E-state index is 13.7. The SMILES string of the molecule is COC(=O)Nc1nc2ccc(C3(OC(=O)C(F)(F)F)c4ccccc4C(=O)N3c3ccc(C)cc3)cc2[nH]1. The minimum absolute atomic E-state index is 0.0172. The van der Waals surface area contributed by atoms with Crippen molar-refractivity contribution in [3.05, 3.63) is 89.0 Å². The van der Waals surface area contributed by atoms with E-state index < -0.39 is 29.9 Å². The molecule has 0 bridgehead atoms. The average Bonchev–Trinajstić information content (AvgIpc) is 3.40. The summed E-state index contributed by atoms with van der Waals surface area (Å²) in [7, 11) is 1.17. The molecule has 0 saturated carbocycles. The van der Waals surface area contributed by atoms with Crippen LogP contribution < -0.4 is 10.2 Å². The second kappa shape index (κ2) is 8.91. The fraction of sp³-hybridized carbons (Fsp3) is 0.154. The highest BCUT2D eigenvalue weighted by atomic mass is 19.4.